The molecule has 0 saturated carbocycles. The van der Waals surface area contributed by atoms with Crippen LogP contribution in [0.15, 0.2) is 18.2 Å². The van der Waals surface area contributed by atoms with Crippen molar-refractivity contribution in [3.63, 3.8) is 0 Å². The summed E-state index contributed by atoms with van der Waals surface area (Å²) in [7, 11) is 4.27. The molecule has 0 heterocycles. The molecule has 1 rings (SSSR count). The fourth-order valence-electron chi connectivity index (χ4n) is 1.84. The van der Waals surface area contributed by atoms with Crippen molar-refractivity contribution in [3.8, 4) is 0 Å². The van der Waals surface area contributed by atoms with Crippen LogP contribution >= 0.6 is 24.4 Å². The molecule has 0 atom stereocenters. The maximum absolute atomic E-state index is 5.25. The van der Waals surface area contributed by atoms with Gasteiger partial charge in [0.1, 0.15) is 0 Å². The molecule has 0 amide bonds. The predicted octanol–water partition coefficient (Wildman–Crippen LogP) is 0.504. The average Bonchev–Trinajstić information content (AvgIpc) is 2.46. The highest BCUT2D eigenvalue weighted by atomic mass is 32.1. The van der Waals surface area contributed by atoms with Gasteiger partial charge in [0.15, 0.2) is 10.2 Å². The smallest absolute Gasteiger partial charge is 0.189 e. The first kappa shape index (κ1) is 18.6. The molecule has 0 radical (unpaired) electrons. The molecule has 1 aromatic rings. The number of hydrazine groups is 1. The quantitative estimate of drug-likeness (QED) is 0.306. The Kier molecular flexibility index (Phi) is 8.08. The second kappa shape index (κ2) is 9.55. The van der Waals surface area contributed by atoms with Crippen molar-refractivity contribution in [1.82, 2.24) is 16.2 Å². The summed E-state index contributed by atoms with van der Waals surface area (Å²) in [4.78, 5) is 1.43. The molecule has 0 aliphatic carbocycles. The van der Waals surface area contributed by atoms with E-state index in [2.05, 4.69) is 55.5 Å². The molecular weight excluding hydrogens is 314 g/mol. The first-order valence-electron chi connectivity index (χ1n) is 7.36. The Morgan fingerprint density at radius 1 is 1.09 bits per heavy atom. The van der Waals surface area contributed by atoms with Crippen LogP contribution in [-0.2, 0) is 0 Å². The zero-order valence-electron chi connectivity index (χ0n) is 13.7. The van der Waals surface area contributed by atoms with Gasteiger partial charge in [0.05, 0.1) is 20.6 Å². The van der Waals surface area contributed by atoms with Crippen molar-refractivity contribution in [2.24, 2.45) is 0 Å². The van der Waals surface area contributed by atoms with E-state index in [4.69, 9.17) is 24.4 Å². The summed E-state index contributed by atoms with van der Waals surface area (Å²) in [6.45, 7) is 6.09. The molecule has 7 heteroatoms. The third kappa shape index (κ3) is 7.02. The molecule has 0 spiro atoms. The van der Waals surface area contributed by atoms with Crippen LogP contribution in [0.4, 0.5) is 5.69 Å². The number of benzene rings is 1. The second-order valence-corrected chi connectivity index (χ2v) is 6.33. The van der Waals surface area contributed by atoms with E-state index in [0.717, 1.165) is 25.2 Å². The topological polar surface area (TPSA) is 52.6 Å². The monoisotopic (exact) mass is 340 g/mol. The van der Waals surface area contributed by atoms with Crippen molar-refractivity contribution in [2.45, 2.75) is 20.3 Å². The normalized spacial score (nSPS) is 10.2. The van der Waals surface area contributed by atoms with Gasteiger partial charge in [-0.05, 0) is 55.5 Å². The summed E-state index contributed by atoms with van der Waals surface area (Å²) in [5.41, 5.74) is 9.17. The van der Waals surface area contributed by atoms with Crippen molar-refractivity contribution in [1.29, 1.82) is 0 Å². The highest BCUT2D eigenvalue weighted by Gasteiger charge is 2.03. The Morgan fingerprint density at radius 2 is 1.77 bits per heavy atom. The van der Waals surface area contributed by atoms with Crippen LogP contribution in [0.5, 0.6) is 0 Å². The van der Waals surface area contributed by atoms with Crippen LogP contribution in [0.25, 0.3) is 0 Å². The van der Waals surface area contributed by atoms with Crippen LogP contribution in [0.2, 0.25) is 0 Å². The number of rotatable bonds is 5. The van der Waals surface area contributed by atoms with Crippen LogP contribution in [0, 0.1) is 13.8 Å². The van der Waals surface area contributed by atoms with Gasteiger partial charge in [-0.15, -0.1) is 0 Å². The number of nitrogens with one attached hydrogen (secondary N) is 5. The number of thiocarbonyl (C=S) groups is 2. The van der Waals surface area contributed by atoms with Gasteiger partial charge in [0.2, 0.25) is 0 Å². The molecular formula is C15H26N5S2+. The average molecular weight is 341 g/mol. The van der Waals surface area contributed by atoms with Crippen LogP contribution in [-0.4, -0.2) is 37.4 Å². The van der Waals surface area contributed by atoms with E-state index in [9.17, 15) is 0 Å². The molecule has 122 valence electrons. The lowest BCUT2D eigenvalue weighted by molar-refractivity contribution is -0.858. The van der Waals surface area contributed by atoms with E-state index in [0.29, 0.717) is 10.2 Å². The zero-order valence-corrected chi connectivity index (χ0v) is 15.3. The SMILES string of the molecule is Cc1cccc(NC(=S)NNC(=S)NCCC[NH+](C)C)c1C. The predicted molar refractivity (Wildman–Crippen MR) is 101 cm³/mol. The summed E-state index contributed by atoms with van der Waals surface area (Å²) in [5.74, 6) is 0. The number of hydrogen-bond acceptors (Lipinski definition) is 2. The molecule has 0 unspecified atom stereocenters. The van der Waals surface area contributed by atoms with Gasteiger partial charge in [-0.2, -0.15) is 0 Å². The summed E-state index contributed by atoms with van der Waals surface area (Å²) in [6, 6.07) is 6.07. The Hall–Kier alpha value is -1.44. The number of anilines is 1. The maximum atomic E-state index is 5.25. The molecule has 1 aromatic carbocycles. The van der Waals surface area contributed by atoms with Crippen LogP contribution in [0.1, 0.15) is 17.5 Å². The summed E-state index contributed by atoms with van der Waals surface area (Å²) in [5, 5.41) is 7.31. The molecule has 5 nitrogen and oxygen atoms in total. The summed E-state index contributed by atoms with van der Waals surface area (Å²) < 4.78 is 0. The van der Waals surface area contributed by atoms with E-state index >= 15 is 0 Å². The molecule has 0 aliphatic heterocycles. The van der Waals surface area contributed by atoms with Crippen molar-refractivity contribution < 1.29 is 4.90 Å². The summed E-state index contributed by atoms with van der Waals surface area (Å²) in [6.07, 6.45) is 1.06. The lowest BCUT2D eigenvalue weighted by atomic mass is 10.1. The minimum Gasteiger partial charge on any atom is -0.361 e. The molecule has 0 aromatic heterocycles. The van der Waals surface area contributed by atoms with Gasteiger partial charge in [0.25, 0.3) is 0 Å². The van der Waals surface area contributed by atoms with Crippen molar-refractivity contribution >= 4 is 40.3 Å². The van der Waals surface area contributed by atoms with Gasteiger partial charge < -0.3 is 15.5 Å². The number of quaternary nitrogens is 1. The molecule has 0 bridgehead atoms. The maximum Gasteiger partial charge on any atom is 0.189 e. The first-order valence-corrected chi connectivity index (χ1v) is 8.18. The minimum absolute atomic E-state index is 0.482. The lowest BCUT2D eigenvalue weighted by Crippen LogP contribution is -3.05. The molecule has 0 fully saturated rings. The fourth-order valence-corrected chi connectivity index (χ4v) is 2.16. The lowest BCUT2D eigenvalue weighted by Gasteiger charge is -2.16. The Labute approximate surface area is 143 Å². The summed E-state index contributed by atoms with van der Waals surface area (Å²) >= 11 is 10.4. The van der Waals surface area contributed by atoms with E-state index in [1.807, 2.05) is 12.1 Å². The van der Waals surface area contributed by atoms with Crippen molar-refractivity contribution in [3.05, 3.63) is 29.3 Å². The van der Waals surface area contributed by atoms with Crippen molar-refractivity contribution in [2.75, 3.05) is 32.5 Å². The molecule has 0 saturated heterocycles. The van der Waals surface area contributed by atoms with E-state index in [1.54, 1.807) is 0 Å². The minimum atomic E-state index is 0.482. The molecule has 0 aliphatic rings. The number of aryl methyl sites for hydroxylation is 1. The largest absolute Gasteiger partial charge is 0.361 e. The fraction of sp³-hybridized carbons (Fsp3) is 0.467. The van der Waals surface area contributed by atoms with E-state index in [1.165, 1.54) is 16.0 Å². The molecule has 5 N–H and O–H groups in total. The third-order valence-electron chi connectivity index (χ3n) is 3.28. The molecule has 22 heavy (non-hydrogen) atoms. The zero-order chi connectivity index (χ0) is 16.5. The van der Waals surface area contributed by atoms with Gasteiger partial charge in [0, 0.05) is 18.7 Å². The highest BCUT2D eigenvalue weighted by molar-refractivity contribution is 7.80. The Balaban J connectivity index is 2.28. The van der Waals surface area contributed by atoms with Gasteiger partial charge in [-0.1, -0.05) is 12.1 Å². The van der Waals surface area contributed by atoms with E-state index in [-0.39, 0.29) is 0 Å². The van der Waals surface area contributed by atoms with Crippen LogP contribution < -0.4 is 26.4 Å². The highest BCUT2D eigenvalue weighted by Crippen LogP contribution is 2.17. The first-order chi connectivity index (χ1) is 10.4. The Morgan fingerprint density at radius 3 is 2.45 bits per heavy atom. The Bertz CT molecular complexity index is 517. The standard InChI is InChI=1S/C15H25N5S2/c1-11-7-5-8-13(12(11)2)17-15(22)19-18-14(21)16-9-6-10-20(3)4/h5,7-8H,6,9-10H2,1-4H3,(H2,16,18,21)(H2,17,19,22)/p+1. The number of hydrogen-bond donors (Lipinski definition) is 5. The second-order valence-electron chi connectivity index (χ2n) is 5.52. The van der Waals surface area contributed by atoms with E-state index < -0.39 is 0 Å². The van der Waals surface area contributed by atoms with Gasteiger partial charge in [-0.3, -0.25) is 10.9 Å². The van der Waals surface area contributed by atoms with Gasteiger partial charge >= 0.3 is 0 Å². The van der Waals surface area contributed by atoms with Gasteiger partial charge in [-0.25, -0.2) is 0 Å². The third-order valence-corrected chi connectivity index (χ3v) is 3.73. The van der Waals surface area contributed by atoms with Crippen LogP contribution in [0.3, 0.4) is 0 Å².